The first-order valence-corrected chi connectivity index (χ1v) is 6.82. The van der Waals surface area contributed by atoms with Gasteiger partial charge in [-0.25, -0.2) is 9.98 Å². The van der Waals surface area contributed by atoms with Gasteiger partial charge in [-0.2, -0.15) is 0 Å². The summed E-state index contributed by atoms with van der Waals surface area (Å²) >= 11 is 0.882. The second-order valence-corrected chi connectivity index (χ2v) is 5.20. The molecule has 0 atom stereocenters. The minimum Gasteiger partial charge on any atom is -0.507 e. The Balaban J connectivity index is 2.02. The van der Waals surface area contributed by atoms with Crippen molar-refractivity contribution >= 4 is 38.5 Å². The minimum absolute atomic E-state index is 0.0655. The fourth-order valence-electron chi connectivity index (χ4n) is 1.94. The number of fused-ring (bicyclic) bond motifs is 1. The van der Waals surface area contributed by atoms with E-state index in [9.17, 15) is 15.2 Å². The number of nitrogens with zero attached hydrogens (tertiary/aromatic N) is 3. The number of benzene rings is 2. The fraction of sp³-hybridized carbons (Fsp3) is 0. The van der Waals surface area contributed by atoms with Gasteiger partial charge in [0.15, 0.2) is 0 Å². The molecule has 104 valence electrons. The van der Waals surface area contributed by atoms with E-state index >= 15 is 0 Å². The first kappa shape index (κ1) is 13.2. The van der Waals surface area contributed by atoms with Gasteiger partial charge >= 0.3 is 5.00 Å². The zero-order valence-electron chi connectivity index (χ0n) is 10.6. The number of aromatic hydroxyl groups is 1. The van der Waals surface area contributed by atoms with Gasteiger partial charge in [0.25, 0.3) is 0 Å². The van der Waals surface area contributed by atoms with E-state index in [4.69, 9.17) is 0 Å². The maximum Gasteiger partial charge on any atom is 0.345 e. The van der Waals surface area contributed by atoms with Crippen LogP contribution >= 0.6 is 11.3 Å². The lowest BCUT2D eigenvalue weighted by Gasteiger charge is -2.03. The van der Waals surface area contributed by atoms with Crippen LogP contribution in [0.3, 0.4) is 0 Å². The molecule has 3 aromatic rings. The van der Waals surface area contributed by atoms with Crippen LogP contribution < -0.4 is 0 Å². The van der Waals surface area contributed by atoms with Crippen molar-refractivity contribution < 1.29 is 10.0 Å². The van der Waals surface area contributed by atoms with Crippen LogP contribution in [0.25, 0.3) is 10.8 Å². The van der Waals surface area contributed by atoms with Crippen molar-refractivity contribution in [3.05, 3.63) is 58.3 Å². The number of aromatic nitrogens is 1. The summed E-state index contributed by atoms with van der Waals surface area (Å²) in [5.74, 6) is 0.100. The van der Waals surface area contributed by atoms with Crippen LogP contribution in [-0.4, -0.2) is 21.2 Å². The second-order valence-electron chi connectivity index (χ2n) is 4.22. The van der Waals surface area contributed by atoms with Crippen molar-refractivity contribution in [1.82, 2.24) is 4.98 Å². The molecule has 2 aromatic carbocycles. The largest absolute Gasteiger partial charge is 0.507 e. The molecule has 0 amide bonds. The molecule has 0 saturated carbocycles. The van der Waals surface area contributed by atoms with Crippen LogP contribution in [0.2, 0.25) is 0 Å². The normalized spacial score (nSPS) is 11.2. The maximum absolute atomic E-state index is 10.6. The van der Waals surface area contributed by atoms with Crippen LogP contribution in [0.4, 0.5) is 10.1 Å². The standard InChI is InChI=1S/C14H9N3O3S/c18-12-6-5-9-3-1-2-4-10(9)11(12)7-15-14-16-8-13(21-14)17(19)20/h1-8,18H/b15-7+. The van der Waals surface area contributed by atoms with Gasteiger partial charge in [0, 0.05) is 11.8 Å². The van der Waals surface area contributed by atoms with Gasteiger partial charge in [-0.3, -0.25) is 10.1 Å². The number of thiazole rings is 1. The molecular weight excluding hydrogens is 290 g/mol. The number of rotatable bonds is 3. The molecule has 0 unspecified atom stereocenters. The molecule has 0 aliphatic rings. The number of hydrogen-bond donors (Lipinski definition) is 1. The smallest absolute Gasteiger partial charge is 0.345 e. The highest BCUT2D eigenvalue weighted by atomic mass is 32.1. The van der Waals surface area contributed by atoms with Crippen molar-refractivity contribution in [3.8, 4) is 5.75 Å². The van der Waals surface area contributed by atoms with Crippen molar-refractivity contribution in [1.29, 1.82) is 0 Å². The van der Waals surface area contributed by atoms with E-state index in [1.807, 2.05) is 30.3 Å². The van der Waals surface area contributed by atoms with Crippen molar-refractivity contribution in [2.24, 2.45) is 4.99 Å². The molecule has 1 N–H and O–H groups in total. The first-order chi connectivity index (χ1) is 10.1. The van der Waals surface area contributed by atoms with E-state index in [0.717, 1.165) is 22.1 Å². The zero-order chi connectivity index (χ0) is 14.8. The number of hydrogen-bond acceptors (Lipinski definition) is 6. The zero-order valence-corrected chi connectivity index (χ0v) is 11.4. The lowest BCUT2D eigenvalue weighted by molar-refractivity contribution is -0.380. The molecule has 1 aromatic heterocycles. The van der Waals surface area contributed by atoms with Crippen LogP contribution in [0, 0.1) is 10.1 Å². The van der Waals surface area contributed by atoms with Gasteiger partial charge in [0.05, 0.1) is 4.92 Å². The average molecular weight is 299 g/mol. The Morgan fingerprint density at radius 2 is 2.10 bits per heavy atom. The highest BCUT2D eigenvalue weighted by molar-refractivity contribution is 7.18. The second kappa shape index (κ2) is 5.29. The van der Waals surface area contributed by atoms with Crippen LogP contribution in [0.15, 0.2) is 47.6 Å². The lowest BCUT2D eigenvalue weighted by atomic mass is 10.0. The molecule has 0 saturated heterocycles. The van der Waals surface area contributed by atoms with Crippen LogP contribution in [-0.2, 0) is 0 Å². The van der Waals surface area contributed by atoms with Crippen molar-refractivity contribution in [2.45, 2.75) is 0 Å². The van der Waals surface area contributed by atoms with Crippen molar-refractivity contribution in [3.63, 3.8) is 0 Å². The van der Waals surface area contributed by atoms with E-state index in [1.54, 1.807) is 6.07 Å². The predicted octanol–water partition coefficient (Wildman–Crippen LogP) is 3.66. The summed E-state index contributed by atoms with van der Waals surface area (Å²) in [6.07, 6.45) is 2.64. The summed E-state index contributed by atoms with van der Waals surface area (Å²) in [6.45, 7) is 0. The van der Waals surface area contributed by atoms with E-state index in [0.29, 0.717) is 5.56 Å². The highest BCUT2D eigenvalue weighted by Gasteiger charge is 2.11. The van der Waals surface area contributed by atoms with Gasteiger partial charge in [-0.15, -0.1) is 0 Å². The van der Waals surface area contributed by atoms with Gasteiger partial charge in [0.2, 0.25) is 5.13 Å². The van der Waals surface area contributed by atoms with Gasteiger partial charge < -0.3 is 5.11 Å². The van der Waals surface area contributed by atoms with Gasteiger partial charge in [0.1, 0.15) is 11.9 Å². The van der Waals surface area contributed by atoms with E-state index in [2.05, 4.69) is 9.98 Å². The van der Waals surface area contributed by atoms with Crippen molar-refractivity contribution in [2.75, 3.05) is 0 Å². The molecular formula is C14H9N3O3S. The quantitative estimate of drug-likeness (QED) is 0.454. The van der Waals surface area contributed by atoms with Gasteiger partial charge in [-0.05, 0) is 28.2 Å². The highest BCUT2D eigenvalue weighted by Crippen LogP contribution is 2.29. The third kappa shape index (κ3) is 2.59. The van der Waals surface area contributed by atoms with Crippen LogP contribution in [0.5, 0.6) is 5.75 Å². The Labute approximate surface area is 123 Å². The molecule has 1 heterocycles. The molecule has 7 heteroatoms. The Kier molecular flexibility index (Phi) is 3.33. The van der Waals surface area contributed by atoms with Crippen LogP contribution in [0.1, 0.15) is 5.56 Å². The fourth-order valence-corrected chi connectivity index (χ4v) is 2.52. The minimum atomic E-state index is -0.508. The Morgan fingerprint density at radius 1 is 1.29 bits per heavy atom. The molecule has 0 aliphatic heterocycles. The summed E-state index contributed by atoms with van der Waals surface area (Å²) in [6, 6.07) is 11.0. The lowest BCUT2D eigenvalue weighted by Crippen LogP contribution is -1.85. The van der Waals surface area contributed by atoms with E-state index < -0.39 is 4.92 Å². The third-order valence-corrected chi connectivity index (χ3v) is 3.77. The average Bonchev–Trinajstić information content (AvgIpc) is 2.95. The molecule has 0 bridgehead atoms. The number of aliphatic imine (C=N–C) groups is 1. The number of phenols is 1. The summed E-state index contributed by atoms with van der Waals surface area (Å²) in [5.41, 5.74) is 0.561. The first-order valence-electron chi connectivity index (χ1n) is 6.00. The summed E-state index contributed by atoms with van der Waals surface area (Å²) in [7, 11) is 0. The SMILES string of the molecule is O=[N+]([O-])c1cnc(/N=C/c2c(O)ccc3ccccc23)s1. The molecule has 6 nitrogen and oxygen atoms in total. The molecule has 0 spiro atoms. The topological polar surface area (TPSA) is 88.6 Å². The Bertz CT molecular complexity index is 858. The number of nitro groups is 1. The summed E-state index contributed by atoms with van der Waals surface area (Å²) < 4.78 is 0. The maximum atomic E-state index is 10.6. The molecule has 3 rings (SSSR count). The molecule has 0 aliphatic carbocycles. The molecule has 0 radical (unpaired) electrons. The monoisotopic (exact) mass is 299 g/mol. The van der Waals surface area contributed by atoms with Gasteiger partial charge in [-0.1, -0.05) is 30.3 Å². The summed E-state index contributed by atoms with van der Waals surface area (Å²) in [5, 5.41) is 22.6. The predicted molar refractivity (Wildman–Crippen MR) is 81.6 cm³/mol. The van der Waals surface area contributed by atoms with E-state index in [1.165, 1.54) is 12.4 Å². The third-order valence-electron chi connectivity index (χ3n) is 2.91. The number of phenolic OH excluding ortho intramolecular Hbond substituents is 1. The molecule has 21 heavy (non-hydrogen) atoms. The Morgan fingerprint density at radius 3 is 2.86 bits per heavy atom. The molecule has 0 fully saturated rings. The van der Waals surface area contributed by atoms with E-state index in [-0.39, 0.29) is 15.9 Å². The Hall–Kier alpha value is -2.80. The summed E-state index contributed by atoms with van der Waals surface area (Å²) in [4.78, 5) is 18.1.